The molecule has 0 aliphatic heterocycles. The normalized spacial score (nSPS) is 21.8. The van der Waals surface area contributed by atoms with Gasteiger partial charge in [-0.1, -0.05) is 0 Å². The Balaban J connectivity index is 2.07. The number of benzene rings is 2. The minimum absolute atomic E-state index is 0.0202. The topological polar surface area (TPSA) is 192 Å². The van der Waals surface area contributed by atoms with Gasteiger partial charge >= 0.3 is 0 Å². The molecule has 0 amide bonds. The molecule has 0 radical (unpaired) electrons. The lowest BCUT2D eigenvalue weighted by atomic mass is 9.75. The van der Waals surface area contributed by atoms with Gasteiger partial charge in [-0.2, -0.15) is 0 Å². The summed E-state index contributed by atoms with van der Waals surface area (Å²) in [5, 5.41) is 61.3. The lowest BCUT2D eigenvalue weighted by molar-refractivity contribution is -0.148. The fourth-order valence-corrected chi connectivity index (χ4v) is 5.12. The zero-order valence-corrected chi connectivity index (χ0v) is 23.3. The van der Waals surface area contributed by atoms with Crippen molar-refractivity contribution in [3.8, 4) is 17.2 Å². The van der Waals surface area contributed by atoms with Crippen LogP contribution >= 0.6 is 0 Å². The summed E-state index contributed by atoms with van der Waals surface area (Å²) < 4.78 is 22.2. The van der Waals surface area contributed by atoms with Crippen LogP contribution in [-0.4, -0.2) is 106 Å². The van der Waals surface area contributed by atoms with E-state index in [1.54, 1.807) is 32.9 Å². The van der Waals surface area contributed by atoms with Gasteiger partial charge in [-0.25, -0.2) is 0 Å². The van der Waals surface area contributed by atoms with Gasteiger partial charge in [-0.15, -0.1) is 0 Å². The van der Waals surface area contributed by atoms with Gasteiger partial charge < -0.3 is 49.6 Å². The number of fused-ring (bicyclic) bond motifs is 2. The smallest absolute Gasteiger partial charge is 0.197 e. The van der Waals surface area contributed by atoms with Gasteiger partial charge in [-0.3, -0.25) is 9.59 Å². The van der Waals surface area contributed by atoms with Crippen molar-refractivity contribution < 1.29 is 59.2 Å². The van der Waals surface area contributed by atoms with Crippen molar-refractivity contribution in [2.45, 2.75) is 77.0 Å². The molecule has 8 atom stereocenters. The van der Waals surface area contributed by atoms with Gasteiger partial charge in [0, 0.05) is 25.7 Å². The van der Waals surface area contributed by atoms with Crippen LogP contribution in [0.15, 0.2) is 12.1 Å². The third-order valence-corrected chi connectivity index (χ3v) is 7.36. The van der Waals surface area contributed by atoms with E-state index in [4.69, 9.17) is 24.1 Å². The maximum absolute atomic E-state index is 13.5. The van der Waals surface area contributed by atoms with Crippen molar-refractivity contribution in [2.24, 2.45) is 5.92 Å². The highest BCUT2D eigenvalue weighted by Gasteiger charge is 2.46. The molecule has 12 heteroatoms. The minimum atomic E-state index is -1.74. The van der Waals surface area contributed by atoms with Gasteiger partial charge in [0.2, 0.25) is 0 Å². The summed E-state index contributed by atoms with van der Waals surface area (Å²) in [5.41, 5.74) is 0.545. The summed E-state index contributed by atoms with van der Waals surface area (Å²) in [4.78, 5) is 26.4. The SMILES string of the molecule is CO[C@@H]1C(=O)c2c(cc3cc(O[C@@H](C)OC(C)[C@@H](O)CO)c(C)c(O)c3c2O)CC1[C@H](OC)C(=O)[C@@H](O)[C@@H](C)O. The summed E-state index contributed by atoms with van der Waals surface area (Å²) in [6.45, 7) is 5.45. The number of phenols is 2. The zero-order chi connectivity index (χ0) is 30.0. The number of aliphatic hydroxyl groups excluding tert-OH is 4. The van der Waals surface area contributed by atoms with Crippen LogP contribution in [0.5, 0.6) is 17.2 Å². The number of methoxy groups -OCH3 is 2. The van der Waals surface area contributed by atoms with Crippen LogP contribution in [0.1, 0.15) is 42.3 Å². The van der Waals surface area contributed by atoms with Gasteiger partial charge in [-0.05, 0) is 57.2 Å². The highest BCUT2D eigenvalue weighted by atomic mass is 16.7. The third-order valence-electron chi connectivity index (χ3n) is 7.36. The molecule has 0 bridgehead atoms. The van der Waals surface area contributed by atoms with E-state index in [0.29, 0.717) is 10.9 Å². The number of Topliss-reactive ketones (excluding diaryl/α,β-unsaturated/α-hetero) is 2. The second-order valence-electron chi connectivity index (χ2n) is 10.1. The molecule has 2 aromatic rings. The number of carbonyl (C=O) groups excluding carboxylic acids is 2. The first kappa shape index (κ1) is 31.7. The van der Waals surface area contributed by atoms with Gasteiger partial charge in [0.1, 0.15) is 41.7 Å². The molecule has 40 heavy (non-hydrogen) atoms. The first-order chi connectivity index (χ1) is 18.8. The average molecular weight is 567 g/mol. The number of aromatic hydroxyl groups is 2. The first-order valence-electron chi connectivity index (χ1n) is 12.9. The van der Waals surface area contributed by atoms with E-state index < -0.39 is 72.8 Å². The maximum Gasteiger partial charge on any atom is 0.197 e. The predicted molar refractivity (Wildman–Crippen MR) is 142 cm³/mol. The van der Waals surface area contributed by atoms with Crippen molar-refractivity contribution in [2.75, 3.05) is 20.8 Å². The fraction of sp³-hybridized carbons (Fsp3) is 0.571. The maximum atomic E-state index is 13.5. The zero-order valence-electron chi connectivity index (χ0n) is 23.3. The van der Waals surface area contributed by atoms with Crippen molar-refractivity contribution in [1.82, 2.24) is 0 Å². The lowest BCUT2D eigenvalue weighted by Gasteiger charge is -2.36. The van der Waals surface area contributed by atoms with Gasteiger partial charge in [0.25, 0.3) is 0 Å². The Kier molecular flexibility index (Phi) is 10.1. The summed E-state index contributed by atoms with van der Waals surface area (Å²) in [6, 6.07) is 3.13. The molecule has 0 saturated heterocycles. The molecular weight excluding hydrogens is 528 g/mol. The molecule has 3 rings (SSSR count). The molecule has 12 nitrogen and oxygen atoms in total. The Labute approximate surface area is 231 Å². The fourth-order valence-electron chi connectivity index (χ4n) is 5.12. The standard InChI is InChI=1S/C28H38O12/c1-11-19(40-14(4)39-13(3)18(31)10-29)9-16-7-15-8-17(28(38-6)26(36)23(33)12(2)30)27(37-5)25(35)21(15)24(34)20(16)22(11)32/h7,9,12-14,17-18,23,27-34H,8,10H2,1-6H3/t12-,13?,14+,17?,18+,23+,27+,28+/m1/s1. The third kappa shape index (κ3) is 5.93. The number of phenolic OH excluding ortho intramolecular Hbond substituents is 2. The molecule has 2 aromatic carbocycles. The Bertz CT molecular complexity index is 1240. The summed E-state index contributed by atoms with van der Waals surface area (Å²) in [6.07, 6.45) is -8.35. The largest absolute Gasteiger partial charge is 0.507 e. The first-order valence-corrected chi connectivity index (χ1v) is 12.9. The van der Waals surface area contributed by atoms with Crippen LogP contribution in [0.25, 0.3) is 10.8 Å². The van der Waals surface area contributed by atoms with E-state index in [2.05, 4.69) is 0 Å². The lowest BCUT2D eigenvalue weighted by Crippen LogP contribution is -2.51. The van der Waals surface area contributed by atoms with Crippen LogP contribution in [0.2, 0.25) is 0 Å². The molecule has 1 aliphatic carbocycles. The molecule has 1 aliphatic rings. The van der Waals surface area contributed by atoms with Crippen LogP contribution in [0.4, 0.5) is 0 Å². The van der Waals surface area contributed by atoms with E-state index in [1.807, 2.05) is 0 Å². The number of ketones is 2. The Morgan fingerprint density at radius 2 is 1.73 bits per heavy atom. The number of hydrogen-bond donors (Lipinski definition) is 6. The average Bonchev–Trinajstić information content (AvgIpc) is 2.90. The van der Waals surface area contributed by atoms with Crippen molar-refractivity contribution in [1.29, 1.82) is 0 Å². The number of ether oxygens (including phenoxy) is 4. The van der Waals surface area contributed by atoms with Crippen LogP contribution in [0.3, 0.4) is 0 Å². The molecule has 0 spiro atoms. The second kappa shape index (κ2) is 12.8. The molecule has 0 heterocycles. The van der Waals surface area contributed by atoms with E-state index in [1.165, 1.54) is 21.1 Å². The molecule has 0 saturated carbocycles. The number of carbonyl (C=O) groups is 2. The molecule has 0 aromatic heterocycles. The Morgan fingerprint density at radius 1 is 1.07 bits per heavy atom. The molecule has 6 N–H and O–H groups in total. The van der Waals surface area contributed by atoms with Crippen LogP contribution in [0, 0.1) is 12.8 Å². The highest BCUT2D eigenvalue weighted by molar-refractivity contribution is 6.11. The highest BCUT2D eigenvalue weighted by Crippen LogP contribution is 2.46. The molecule has 2 unspecified atom stereocenters. The molecule has 222 valence electrons. The molecular formula is C28H38O12. The van der Waals surface area contributed by atoms with E-state index >= 15 is 0 Å². The van der Waals surface area contributed by atoms with Crippen molar-refractivity contribution >= 4 is 22.3 Å². The van der Waals surface area contributed by atoms with Gasteiger partial charge in [0.05, 0.1) is 29.8 Å². The van der Waals surface area contributed by atoms with E-state index in [0.717, 1.165) is 0 Å². The monoisotopic (exact) mass is 566 g/mol. The van der Waals surface area contributed by atoms with Crippen molar-refractivity contribution in [3.05, 3.63) is 28.8 Å². The molecule has 0 fully saturated rings. The number of hydrogen-bond acceptors (Lipinski definition) is 12. The Morgan fingerprint density at radius 3 is 2.27 bits per heavy atom. The van der Waals surface area contributed by atoms with E-state index in [-0.39, 0.29) is 34.4 Å². The number of rotatable bonds is 12. The van der Waals surface area contributed by atoms with Crippen LogP contribution in [-0.2, 0) is 25.4 Å². The predicted octanol–water partition coefficient (Wildman–Crippen LogP) is 0.738. The summed E-state index contributed by atoms with van der Waals surface area (Å²) >= 11 is 0. The second-order valence-corrected chi connectivity index (χ2v) is 10.1. The Hall–Kier alpha value is -2.84. The minimum Gasteiger partial charge on any atom is -0.507 e. The van der Waals surface area contributed by atoms with Gasteiger partial charge in [0.15, 0.2) is 17.9 Å². The summed E-state index contributed by atoms with van der Waals surface area (Å²) in [7, 11) is 2.52. The van der Waals surface area contributed by atoms with Crippen LogP contribution < -0.4 is 4.74 Å². The van der Waals surface area contributed by atoms with Crippen molar-refractivity contribution in [3.63, 3.8) is 0 Å². The van der Waals surface area contributed by atoms with E-state index in [9.17, 15) is 35.1 Å². The quantitative estimate of drug-likeness (QED) is 0.198. The number of aliphatic hydroxyl groups is 4. The summed E-state index contributed by atoms with van der Waals surface area (Å²) in [5.74, 6) is -2.91.